The highest BCUT2D eigenvalue weighted by Crippen LogP contribution is 2.20. The quantitative estimate of drug-likeness (QED) is 0.854. The van der Waals surface area contributed by atoms with Crippen LogP contribution in [0.25, 0.3) is 0 Å². The fourth-order valence-electron chi connectivity index (χ4n) is 2.65. The number of nitrogens with zero attached hydrogens (tertiary/aromatic N) is 3. The molecule has 1 N–H and O–H groups in total. The van der Waals surface area contributed by atoms with Crippen molar-refractivity contribution >= 4 is 11.9 Å². The van der Waals surface area contributed by atoms with Crippen molar-refractivity contribution in [1.82, 2.24) is 15.2 Å². The normalized spacial score (nSPS) is 18.6. The smallest absolute Gasteiger partial charge is 0.410 e. The molecule has 6 nitrogen and oxygen atoms in total. The van der Waals surface area contributed by atoms with E-state index in [9.17, 15) is 4.79 Å². The molecule has 1 unspecified atom stereocenters. The molecule has 6 heteroatoms. The number of carbonyl (C=O) groups excluding carboxylic acids is 1. The van der Waals surface area contributed by atoms with Crippen LogP contribution in [0.3, 0.4) is 0 Å². The van der Waals surface area contributed by atoms with E-state index in [4.69, 9.17) is 11.2 Å². The van der Waals surface area contributed by atoms with Crippen LogP contribution in [0.1, 0.15) is 34.6 Å². The summed E-state index contributed by atoms with van der Waals surface area (Å²) in [5.74, 6) is 3.61. The van der Waals surface area contributed by atoms with E-state index in [0.717, 1.165) is 5.82 Å². The van der Waals surface area contributed by atoms with Gasteiger partial charge in [0.15, 0.2) is 0 Å². The van der Waals surface area contributed by atoms with Gasteiger partial charge in [-0.25, -0.2) is 9.78 Å². The molecule has 1 aromatic heterocycles. The summed E-state index contributed by atoms with van der Waals surface area (Å²) >= 11 is 0. The summed E-state index contributed by atoms with van der Waals surface area (Å²) in [6, 6.07) is 5.79. The van der Waals surface area contributed by atoms with Crippen LogP contribution in [0.15, 0.2) is 24.4 Å². The molecule has 1 fully saturated rings. The first kappa shape index (κ1) is 19.1. The van der Waals surface area contributed by atoms with Gasteiger partial charge in [0.2, 0.25) is 0 Å². The molecule has 1 amide bonds. The molecule has 1 aliphatic heterocycles. The van der Waals surface area contributed by atoms with Crippen molar-refractivity contribution in [2.45, 2.75) is 51.9 Å². The number of carbonyl (C=O) groups is 1. The molecule has 0 bridgehead atoms. The lowest BCUT2D eigenvalue weighted by atomic mass is 10.1. The van der Waals surface area contributed by atoms with Crippen molar-refractivity contribution in [1.29, 1.82) is 0 Å². The van der Waals surface area contributed by atoms with Crippen molar-refractivity contribution in [3.63, 3.8) is 0 Å². The summed E-state index contributed by atoms with van der Waals surface area (Å²) in [7, 11) is 0. The third kappa shape index (κ3) is 5.36. The Morgan fingerprint density at radius 3 is 2.60 bits per heavy atom. The van der Waals surface area contributed by atoms with Gasteiger partial charge in [-0.3, -0.25) is 5.32 Å². The number of piperazine rings is 1. The van der Waals surface area contributed by atoms with Gasteiger partial charge in [-0.1, -0.05) is 12.0 Å². The maximum Gasteiger partial charge on any atom is 0.410 e. The van der Waals surface area contributed by atoms with E-state index in [2.05, 4.69) is 21.1 Å². The number of amides is 1. The lowest BCUT2D eigenvalue weighted by Gasteiger charge is -2.44. The number of ether oxygens (including phenoxy) is 1. The Balaban J connectivity index is 2.18. The number of hydrogen-bond donors (Lipinski definition) is 1. The Hall–Kier alpha value is -2.26. The van der Waals surface area contributed by atoms with E-state index in [-0.39, 0.29) is 12.3 Å². The zero-order chi connectivity index (χ0) is 18.7. The topological polar surface area (TPSA) is 57.7 Å². The number of rotatable bonds is 3. The van der Waals surface area contributed by atoms with Gasteiger partial charge in [0.25, 0.3) is 0 Å². The monoisotopic (exact) mass is 344 g/mol. The second kappa shape index (κ2) is 7.32. The van der Waals surface area contributed by atoms with E-state index >= 15 is 0 Å². The maximum absolute atomic E-state index is 12.4. The van der Waals surface area contributed by atoms with Gasteiger partial charge in [0, 0.05) is 19.3 Å². The van der Waals surface area contributed by atoms with Crippen LogP contribution < -0.4 is 10.2 Å². The van der Waals surface area contributed by atoms with Gasteiger partial charge in [-0.05, 0) is 46.8 Å². The fraction of sp³-hybridized carbons (Fsp3) is 0.579. The van der Waals surface area contributed by atoms with Crippen LogP contribution in [0, 0.1) is 12.3 Å². The largest absolute Gasteiger partial charge is 0.444 e. The van der Waals surface area contributed by atoms with Crippen LogP contribution in [0.2, 0.25) is 0 Å². The standard InChI is InChI=1S/C19H28N4O2/c1-7-19(5,6)21-16-14-22(17(24)25-18(2,3)4)12-13-23(16)15-10-8-9-11-20-15/h1,8-11,16,21H,12-14H2,2-6H3. The lowest BCUT2D eigenvalue weighted by molar-refractivity contribution is 0.0198. The molecule has 1 atom stereocenters. The molecule has 0 saturated carbocycles. The van der Waals surface area contributed by atoms with E-state index in [1.165, 1.54) is 0 Å². The third-order valence-electron chi connectivity index (χ3n) is 3.86. The molecule has 1 saturated heterocycles. The molecule has 2 heterocycles. The van der Waals surface area contributed by atoms with E-state index in [1.54, 1.807) is 11.1 Å². The number of aromatic nitrogens is 1. The predicted molar refractivity (Wildman–Crippen MR) is 99.2 cm³/mol. The fourth-order valence-corrected chi connectivity index (χ4v) is 2.65. The molecular formula is C19H28N4O2. The second-order valence-corrected chi connectivity index (χ2v) is 7.74. The summed E-state index contributed by atoms with van der Waals surface area (Å²) in [6.45, 7) is 11.2. The Morgan fingerprint density at radius 2 is 2.04 bits per heavy atom. The zero-order valence-corrected chi connectivity index (χ0v) is 15.7. The minimum atomic E-state index is -0.518. The van der Waals surface area contributed by atoms with Gasteiger partial charge in [-0.15, -0.1) is 6.42 Å². The summed E-state index contributed by atoms with van der Waals surface area (Å²) in [4.78, 5) is 20.7. The van der Waals surface area contributed by atoms with E-state index in [0.29, 0.717) is 19.6 Å². The molecule has 1 aromatic rings. The van der Waals surface area contributed by atoms with Crippen LogP contribution in [-0.4, -0.2) is 52.9 Å². The van der Waals surface area contributed by atoms with Crippen LogP contribution >= 0.6 is 0 Å². The third-order valence-corrected chi connectivity index (χ3v) is 3.86. The predicted octanol–water partition coefficient (Wildman–Crippen LogP) is 2.47. The first-order chi connectivity index (χ1) is 11.6. The van der Waals surface area contributed by atoms with Gasteiger partial charge in [0.05, 0.1) is 12.1 Å². The number of anilines is 1. The van der Waals surface area contributed by atoms with Gasteiger partial charge < -0.3 is 14.5 Å². The molecular weight excluding hydrogens is 316 g/mol. The van der Waals surface area contributed by atoms with Gasteiger partial charge in [-0.2, -0.15) is 0 Å². The van der Waals surface area contributed by atoms with Crippen molar-refractivity contribution < 1.29 is 9.53 Å². The number of terminal acetylenes is 1. The molecule has 0 spiro atoms. The highest BCUT2D eigenvalue weighted by atomic mass is 16.6. The summed E-state index contributed by atoms with van der Waals surface area (Å²) < 4.78 is 5.51. The van der Waals surface area contributed by atoms with Gasteiger partial charge >= 0.3 is 6.09 Å². The SMILES string of the molecule is C#CC(C)(C)NC1CN(C(=O)OC(C)(C)C)CCN1c1ccccn1. The number of hydrogen-bond acceptors (Lipinski definition) is 5. The first-order valence-electron chi connectivity index (χ1n) is 8.52. The van der Waals surface area contributed by atoms with Crippen LogP contribution in [0.5, 0.6) is 0 Å². The molecule has 0 aliphatic carbocycles. The van der Waals surface area contributed by atoms with E-state index in [1.807, 2.05) is 52.8 Å². The second-order valence-electron chi connectivity index (χ2n) is 7.74. The molecule has 2 rings (SSSR count). The molecule has 136 valence electrons. The average Bonchev–Trinajstić information content (AvgIpc) is 2.53. The summed E-state index contributed by atoms with van der Waals surface area (Å²) in [6.07, 6.45) is 6.94. The molecule has 0 radical (unpaired) electrons. The Labute approximate surface area is 150 Å². The van der Waals surface area contributed by atoms with Gasteiger partial charge in [0.1, 0.15) is 17.6 Å². The number of pyridine rings is 1. The Bertz CT molecular complexity index is 631. The highest BCUT2D eigenvalue weighted by Gasteiger charge is 2.34. The van der Waals surface area contributed by atoms with E-state index < -0.39 is 11.1 Å². The van der Waals surface area contributed by atoms with Crippen molar-refractivity contribution in [2.24, 2.45) is 0 Å². The van der Waals surface area contributed by atoms with Crippen molar-refractivity contribution in [3.05, 3.63) is 24.4 Å². The minimum Gasteiger partial charge on any atom is -0.444 e. The Kier molecular flexibility index (Phi) is 5.58. The van der Waals surface area contributed by atoms with Crippen molar-refractivity contribution in [2.75, 3.05) is 24.5 Å². The van der Waals surface area contributed by atoms with Crippen LogP contribution in [-0.2, 0) is 4.74 Å². The van der Waals surface area contributed by atoms with Crippen LogP contribution in [0.4, 0.5) is 10.6 Å². The minimum absolute atomic E-state index is 0.151. The summed E-state index contributed by atoms with van der Waals surface area (Å²) in [5.41, 5.74) is -1.02. The molecule has 1 aliphatic rings. The highest BCUT2D eigenvalue weighted by molar-refractivity contribution is 5.68. The average molecular weight is 344 g/mol. The van der Waals surface area contributed by atoms with Crippen molar-refractivity contribution in [3.8, 4) is 12.3 Å². The number of nitrogens with one attached hydrogen (secondary N) is 1. The molecule has 0 aromatic carbocycles. The maximum atomic E-state index is 12.4. The molecule has 25 heavy (non-hydrogen) atoms. The first-order valence-corrected chi connectivity index (χ1v) is 8.52. The Morgan fingerprint density at radius 1 is 1.32 bits per heavy atom. The lowest BCUT2D eigenvalue weighted by Crippen LogP contribution is -2.64. The summed E-state index contributed by atoms with van der Waals surface area (Å²) in [5, 5.41) is 3.44. The zero-order valence-electron chi connectivity index (χ0n) is 15.7.